The summed E-state index contributed by atoms with van der Waals surface area (Å²) in [4.78, 5) is 44.4. The van der Waals surface area contributed by atoms with Crippen molar-refractivity contribution in [1.82, 2.24) is 4.98 Å². The van der Waals surface area contributed by atoms with Gasteiger partial charge in [0.2, 0.25) is 0 Å². The summed E-state index contributed by atoms with van der Waals surface area (Å²) in [6.07, 6.45) is 0. The van der Waals surface area contributed by atoms with Gasteiger partial charge >= 0.3 is 11.9 Å². The van der Waals surface area contributed by atoms with Gasteiger partial charge in [0.05, 0.1) is 31.0 Å². The molecule has 1 fully saturated rings. The van der Waals surface area contributed by atoms with Gasteiger partial charge in [-0.2, -0.15) is 0 Å². The number of aliphatic hydroxyl groups excluding tert-OH is 1. The van der Waals surface area contributed by atoms with Crippen LogP contribution in [0.2, 0.25) is 0 Å². The molecule has 8 nitrogen and oxygen atoms in total. The Hall–Kier alpha value is -3.98. The summed E-state index contributed by atoms with van der Waals surface area (Å²) in [5.41, 5.74) is 1.30. The standard InChI is InChI=1S/C25H22N2O6S/c1-4-33-17-12-10-15(11-13-17)19-18(20(28)16-8-6-5-7-9-16)21(29)23(30)27(19)25-26-14(2)22(34-25)24(31)32-3/h5-13,19,28H,4H2,1-3H3/b20-18-. The zero-order valence-electron chi connectivity index (χ0n) is 18.8. The van der Waals surface area contributed by atoms with Crippen LogP contribution in [0.5, 0.6) is 5.75 Å². The van der Waals surface area contributed by atoms with Crippen LogP contribution in [0.3, 0.4) is 0 Å². The van der Waals surface area contributed by atoms with Crippen LogP contribution in [0.15, 0.2) is 60.2 Å². The van der Waals surface area contributed by atoms with Crippen molar-refractivity contribution in [3.05, 3.63) is 81.9 Å². The van der Waals surface area contributed by atoms with Crippen molar-refractivity contribution in [1.29, 1.82) is 0 Å². The number of ketones is 1. The van der Waals surface area contributed by atoms with Gasteiger partial charge in [0.25, 0.3) is 5.78 Å². The molecule has 4 rings (SSSR count). The normalized spacial score (nSPS) is 17.1. The number of Topliss-reactive ketones (excluding diaryl/α,β-unsaturated/α-hetero) is 1. The smallest absolute Gasteiger partial charge is 0.350 e. The number of hydrogen-bond acceptors (Lipinski definition) is 8. The Morgan fingerprint density at radius 1 is 1.12 bits per heavy atom. The average molecular weight is 479 g/mol. The van der Waals surface area contributed by atoms with Crippen molar-refractivity contribution < 1.29 is 29.0 Å². The second kappa shape index (κ2) is 9.48. The van der Waals surface area contributed by atoms with E-state index in [2.05, 4.69) is 4.98 Å². The van der Waals surface area contributed by atoms with Gasteiger partial charge < -0.3 is 14.6 Å². The molecule has 174 valence electrons. The maximum Gasteiger partial charge on any atom is 0.350 e. The molecule has 1 saturated heterocycles. The SMILES string of the molecule is CCOc1ccc(C2/C(=C(/O)c3ccccc3)C(=O)C(=O)N2c2nc(C)c(C(=O)OC)s2)cc1. The first-order chi connectivity index (χ1) is 16.4. The van der Waals surface area contributed by atoms with Crippen LogP contribution >= 0.6 is 11.3 Å². The second-order valence-electron chi connectivity index (χ2n) is 7.44. The number of anilines is 1. The zero-order chi connectivity index (χ0) is 24.4. The summed E-state index contributed by atoms with van der Waals surface area (Å²) in [6, 6.07) is 14.5. The Balaban J connectivity index is 1.90. The molecule has 2 aromatic carbocycles. The van der Waals surface area contributed by atoms with Gasteiger partial charge in [0, 0.05) is 5.56 Å². The van der Waals surface area contributed by atoms with Gasteiger partial charge in [-0.15, -0.1) is 0 Å². The number of rotatable bonds is 6. The lowest BCUT2D eigenvalue weighted by molar-refractivity contribution is -0.132. The number of nitrogens with zero attached hydrogens (tertiary/aromatic N) is 2. The zero-order valence-corrected chi connectivity index (χ0v) is 19.6. The number of hydrogen-bond donors (Lipinski definition) is 1. The summed E-state index contributed by atoms with van der Waals surface area (Å²) in [5.74, 6) is -1.93. The second-order valence-corrected chi connectivity index (χ2v) is 8.42. The van der Waals surface area contributed by atoms with E-state index in [4.69, 9.17) is 9.47 Å². The first-order valence-corrected chi connectivity index (χ1v) is 11.3. The molecule has 1 N–H and O–H groups in total. The van der Waals surface area contributed by atoms with Gasteiger partial charge in [-0.1, -0.05) is 53.8 Å². The van der Waals surface area contributed by atoms with Crippen LogP contribution in [0.1, 0.15) is 39.5 Å². The average Bonchev–Trinajstić information content (AvgIpc) is 3.36. The fraction of sp³-hybridized carbons (Fsp3) is 0.200. The van der Waals surface area contributed by atoms with E-state index in [0.29, 0.717) is 29.2 Å². The molecule has 1 aliphatic rings. The van der Waals surface area contributed by atoms with E-state index < -0.39 is 23.7 Å². The first kappa shape index (κ1) is 23.2. The molecule has 1 aromatic heterocycles. The topological polar surface area (TPSA) is 106 Å². The molecule has 1 aliphatic heterocycles. The van der Waals surface area contributed by atoms with Crippen molar-refractivity contribution in [2.45, 2.75) is 19.9 Å². The molecular formula is C25H22N2O6S. The summed E-state index contributed by atoms with van der Waals surface area (Å²) >= 11 is 0.953. The predicted octanol–water partition coefficient (Wildman–Crippen LogP) is 4.26. The summed E-state index contributed by atoms with van der Waals surface area (Å²) in [7, 11) is 1.26. The van der Waals surface area contributed by atoms with Crippen LogP contribution in [0, 0.1) is 6.92 Å². The lowest BCUT2D eigenvalue weighted by Gasteiger charge is -2.23. The van der Waals surface area contributed by atoms with Crippen molar-refractivity contribution in [2.24, 2.45) is 0 Å². The highest BCUT2D eigenvalue weighted by molar-refractivity contribution is 7.17. The van der Waals surface area contributed by atoms with E-state index in [0.717, 1.165) is 11.3 Å². The molecule has 0 radical (unpaired) electrons. The largest absolute Gasteiger partial charge is 0.507 e. The molecule has 0 saturated carbocycles. The fourth-order valence-corrected chi connectivity index (χ4v) is 4.79. The molecule has 0 aliphatic carbocycles. The minimum absolute atomic E-state index is 0.0622. The lowest BCUT2D eigenvalue weighted by Crippen LogP contribution is -2.29. The maximum atomic E-state index is 13.2. The maximum absolute atomic E-state index is 13.2. The van der Waals surface area contributed by atoms with E-state index in [9.17, 15) is 19.5 Å². The van der Waals surface area contributed by atoms with Gasteiger partial charge in [0.15, 0.2) is 5.13 Å². The molecule has 0 spiro atoms. The minimum atomic E-state index is -0.952. The number of carbonyl (C=O) groups excluding carboxylic acids is 3. The number of aryl methyl sites for hydroxylation is 1. The van der Waals surface area contributed by atoms with Crippen molar-refractivity contribution in [3.8, 4) is 5.75 Å². The van der Waals surface area contributed by atoms with Crippen LogP contribution in [-0.2, 0) is 14.3 Å². The van der Waals surface area contributed by atoms with E-state index in [1.165, 1.54) is 12.0 Å². The highest BCUT2D eigenvalue weighted by Gasteiger charge is 2.48. The third-order valence-corrected chi connectivity index (χ3v) is 6.50. The molecule has 0 bridgehead atoms. The van der Waals surface area contributed by atoms with Gasteiger partial charge in [-0.3, -0.25) is 14.5 Å². The lowest BCUT2D eigenvalue weighted by atomic mass is 9.95. The number of aliphatic hydroxyl groups is 1. The van der Waals surface area contributed by atoms with Crippen LogP contribution in [-0.4, -0.2) is 41.5 Å². The third kappa shape index (κ3) is 4.06. The Kier molecular flexibility index (Phi) is 6.47. The monoisotopic (exact) mass is 478 g/mol. The predicted molar refractivity (Wildman–Crippen MR) is 127 cm³/mol. The molecule has 1 unspecified atom stereocenters. The quantitative estimate of drug-likeness (QED) is 0.244. The highest BCUT2D eigenvalue weighted by atomic mass is 32.1. The Bertz CT molecular complexity index is 1280. The molecule has 3 aromatic rings. The molecule has 1 amide bonds. The number of methoxy groups -OCH3 is 1. The number of esters is 1. The van der Waals surface area contributed by atoms with Crippen LogP contribution < -0.4 is 9.64 Å². The molecular weight excluding hydrogens is 456 g/mol. The number of carbonyl (C=O) groups is 3. The Labute approximate surface area is 200 Å². The number of benzene rings is 2. The van der Waals surface area contributed by atoms with Gasteiger partial charge in [-0.25, -0.2) is 9.78 Å². The van der Waals surface area contributed by atoms with E-state index in [-0.39, 0.29) is 21.3 Å². The van der Waals surface area contributed by atoms with E-state index >= 15 is 0 Å². The summed E-state index contributed by atoms with van der Waals surface area (Å²) in [6.45, 7) is 3.98. The fourth-order valence-electron chi connectivity index (χ4n) is 3.78. The van der Waals surface area contributed by atoms with Crippen molar-refractivity contribution in [3.63, 3.8) is 0 Å². The minimum Gasteiger partial charge on any atom is -0.507 e. The molecule has 34 heavy (non-hydrogen) atoms. The first-order valence-electron chi connectivity index (χ1n) is 10.5. The van der Waals surface area contributed by atoms with Crippen LogP contribution in [0.25, 0.3) is 5.76 Å². The number of ether oxygens (including phenoxy) is 2. The summed E-state index contributed by atoms with van der Waals surface area (Å²) in [5, 5.41) is 11.3. The molecule has 1 atom stereocenters. The molecule has 9 heteroatoms. The van der Waals surface area contributed by atoms with Gasteiger partial charge in [-0.05, 0) is 31.5 Å². The number of thiazole rings is 1. The van der Waals surface area contributed by atoms with Gasteiger partial charge in [0.1, 0.15) is 16.4 Å². The summed E-state index contributed by atoms with van der Waals surface area (Å²) < 4.78 is 10.3. The van der Waals surface area contributed by atoms with E-state index in [1.807, 2.05) is 6.92 Å². The molecule has 2 heterocycles. The highest BCUT2D eigenvalue weighted by Crippen LogP contribution is 2.44. The number of amides is 1. The van der Waals surface area contributed by atoms with E-state index in [1.54, 1.807) is 61.5 Å². The Morgan fingerprint density at radius 2 is 1.79 bits per heavy atom. The number of aromatic nitrogens is 1. The van der Waals surface area contributed by atoms with Crippen molar-refractivity contribution >= 4 is 39.9 Å². The Morgan fingerprint density at radius 3 is 2.41 bits per heavy atom. The third-order valence-electron chi connectivity index (χ3n) is 5.36. The van der Waals surface area contributed by atoms with Crippen molar-refractivity contribution in [2.75, 3.05) is 18.6 Å². The van der Waals surface area contributed by atoms with Crippen LogP contribution in [0.4, 0.5) is 5.13 Å².